The van der Waals surface area contributed by atoms with E-state index in [2.05, 4.69) is 6.92 Å². The van der Waals surface area contributed by atoms with E-state index in [-0.39, 0.29) is 42.5 Å². The number of rotatable bonds is 13. The van der Waals surface area contributed by atoms with E-state index in [4.69, 9.17) is 66.3 Å². The van der Waals surface area contributed by atoms with Gasteiger partial charge < -0.3 is 81.6 Å². The van der Waals surface area contributed by atoms with Gasteiger partial charge in [0, 0.05) is 53.9 Å². The Balaban J connectivity index is 0.810. The first-order chi connectivity index (χ1) is 34.2. The summed E-state index contributed by atoms with van der Waals surface area (Å²) in [4.78, 5) is 26.7. The van der Waals surface area contributed by atoms with Crippen molar-refractivity contribution in [3.05, 3.63) is 35.9 Å². The molecule has 72 heavy (non-hydrogen) atoms. The Bertz CT molecular complexity index is 2120. The van der Waals surface area contributed by atoms with Gasteiger partial charge in [-0.3, -0.25) is 4.79 Å². The molecule has 19 nitrogen and oxygen atoms in total. The molecule has 24 atom stereocenters. The zero-order valence-electron chi connectivity index (χ0n) is 43.4. The third kappa shape index (κ3) is 8.24. The van der Waals surface area contributed by atoms with Gasteiger partial charge in [0.1, 0.15) is 59.5 Å². The molecule has 5 unspecified atom stereocenters. The summed E-state index contributed by atoms with van der Waals surface area (Å²) in [5.74, 6) is -2.36. The number of fused-ring (bicyclic) bond motifs is 3. The van der Waals surface area contributed by atoms with Crippen LogP contribution in [0.2, 0.25) is 0 Å². The molecule has 2 spiro atoms. The van der Waals surface area contributed by atoms with Gasteiger partial charge in [0.15, 0.2) is 18.9 Å². The summed E-state index contributed by atoms with van der Waals surface area (Å²) in [7, 11) is 4.67. The molecule has 1 aromatic rings. The second-order valence-electron chi connectivity index (χ2n) is 22.7. The minimum Gasteiger partial charge on any atom is -0.462 e. The normalized spacial score (nSPS) is 51.0. The third-order valence-electron chi connectivity index (χ3n) is 19.2. The zero-order valence-corrected chi connectivity index (χ0v) is 43.4. The Morgan fingerprint density at radius 2 is 1.40 bits per heavy atom. The van der Waals surface area contributed by atoms with Crippen LogP contribution < -0.4 is 0 Å². The molecule has 0 amide bonds. The summed E-state index contributed by atoms with van der Waals surface area (Å²) in [5, 5.41) is 34.6. The molecule has 1 aromatic carbocycles. The number of hydrogen-bond donors (Lipinski definition) is 3. The molecule has 404 valence electrons. The summed E-state index contributed by atoms with van der Waals surface area (Å²) >= 11 is 0. The number of carbonyl (C=O) groups excluding carboxylic acids is 2. The topological polar surface area (TPSA) is 224 Å². The Labute approximate surface area is 422 Å². The van der Waals surface area contributed by atoms with Crippen molar-refractivity contribution in [3.8, 4) is 0 Å². The van der Waals surface area contributed by atoms with Crippen LogP contribution in [-0.4, -0.2) is 176 Å². The fourth-order valence-corrected chi connectivity index (χ4v) is 15.7. The van der Waals surface area contributed by atoms with Gasteiger partial charge >= 0.3 is 11.9 Å². The molecule has 5 heterocycles. The van der Waals surface area contributed by atoms with Gasteiger partial charge in [0.25, 0.3) is 5.97 Å². The van der Waals surface area contributed by atoms with Gasteiger partial charge in [-0.15, -0.1) is 0 Å². The van der Waals surface area contributed by atoms with Gasteiger partial charge in [-0.05, 0) is 103 Å². The van der Waals surface area contributed by atoms with E-state index in [0.717, 1.165) is 25.7 Å². The first-order valence-corrected chi connectivity index (χ1v) is 26.3. The second-order valence-corrected chi connectivity index (χ2v) is 22.7. The standard InChI is InChI=1S/C53H78O19/c1-27-41(55)45(61-10)42(56)47(65-27)70-44-29(3)64-40(24-36(44)60-9)69-43-28(2)63-39(23-35(43)59-8)68-34-17-18-48(6)33(22-34)16-19-52-37(48)25-38(67-31(5)54)50-26-62-49(7,71-52)72-53(50,52)21-20-51(50,58)30(4)66-46(57)32-14-12-11-13-15-32/h11-15,27-30,33-45,47,55-56,58H,16-26H2,1-10H3/t27-,28-,29-,30?,33?,34?,35+,36+,37?,38-,39+,40+,41-,42-,43-,44-,45+,47+,48+,49?,50-,51-,52+,53-/m1/s1. The van der Waals surface area contributed by atoms with Crippen LogP contribution in [0.1, 0.15) is 123 Å². The first kappa shape index (κ1) is 53.0. The number of aliphatic hydroxyl groups is 3. The molecule has 4 aliphatic carbocycles. The highest BCUT2D eigenvalue weighted by Gasteiger charge is 2.91. The van der Waals surface area contributed by atoms with Gasteiger partial charge in [-0.25, -0.2) is 4.79 Å². The predicted octanol–water partition coefficient (Wildman–Crippen LogP) is 4.46. The number of benzene rings is 1. The van der Waals surface area contributed by atoms with E-state index in [1.807, 2.05) is 19.9 Å². The minimum absolute atomic E-state index is 0.00967. The van der Waals surface area contributed by atoms with E-state index in [1.165, 1.54) is 14.0 Å². The number of carbonyl (C=O) groups is 2. The van der Waals surface area contributed by atoms with Crippen LogP contribution in [0.3, 0.4) is 0 Å². The van der Waals surface area contributed by atoms with Gasteiger partial charge in [0.05, 0.1) is 54.2 Å². The van der Waals surface area contributed by atoms with Crippen LogP contribution in [0.4, 0.5) is 0 Å². The minimum atomic E-state index is -1.70. The van der Waals surface area contributed by atoms with E-state index in [9.17, 15) is 24.9 Å². The maximum Gasteiger partial charge on any atom is 0.338 e. The lowest BCUT2D eigenvalue weighted by molar-refractivity contribution is -0.405. The molecule has 5 saturated heterocycles. The van der Waals surface area contributed by atoms with Crippen LogP contribution in [0, 0.1) is 22.7 Å². The molecular weight excluding hydrogens is 941 g/mol. The highest BCUT2D eigenvalue weighted by molar-refractivity contribution is 5.89. The Morgan fingerprint density at radius 3 is 2.06 bits per heavy atom. The fraction of sp³-hybridized carbons (Fsp3) is 0.849. The highest BCUT2D eigenvalue weighted by Crippen LogP contribution is 2.79. The largest absolute Gasteiger partial charge is 0.462 e. The summed E-state index contributed by atoms with van der Waals surface area (Å²) in [5.41, 5.74) is -4.96. The van der Waals surface area contributed by atoms with Gasteiger partial charge in [-0.2, -0.15) is 0 Å². The zero-order chi connectivity index (χ0) is 51.3. The average molecular weight is 1020 g/mol. The summed E-state index contributed by atoms with van der Waals surface area (Å²) in [6.45, 7) is 12.7. The monoisotopic (exact) mass is 1020 g/mol. The molecule has 9 aliphatic rings. The number of hydrogen-bond acceptors (Lipinski definition) is 19. The van der Waals surface area contributed by atoms with Crippen molar-refractivity contribution in [1.29, 1.82) is 0 Å². The van der Waals surface area contributed by atoms with Crippen LogP contribution in [0.5, 0.6) is 0 Å². The molecule has 3 N–H and O–H groups in total. The first-order valence-electron chi connectivity index (χ1n) is 26.3. The smallest absolute Gasteiger partial charge is 0.338 e. The fourth-order valence-electron chi connectivity index (χ4n) is 15.7. The van der Waals surface area contributed by atoms with E-state index in [1.54, 1.807) is 59.3 Å². The van der Waals surface area contributed by atoms with E-state index in [0.29, 0.717) is 37.7 Å². The lowest BCUT2D eigenvalue weighted by Gasteiger charge is -2.69. The van der Waals surface area contributed by atoms with Crippen molar-refractivity contribution in [1.82, 2.24) is 0 Å². The molecule has 2 bridgehead atoms. The van der Waals surface area contributed by atoms with E-state index < -0.39 is 126 Å². The Morgan fingerprint density at radius 1 is 0.736 bits per heavy atom. The Hall–Kier alpha value is -2.44. The van der Waals surface area contributed by atoms with Crippen LogP contribution in [0.25, 0.3) is 0 Å². The lowest BCUT2D eigenvalue weighted by Crippen LogP contribution is -2.81. The summed E-state index contributed by atoms with van der Waals surface area (Å²) in [6.07, 6.45) is -5.42. The van der Waals surface area contributed by atoms with Gasteiger partial charge in [-0.1, -0.05) is 25.1 Å². The quantitative estimate of drug-likeness (QED) is 0.183. The van der Waals surface area contributed by atoms with Gasteiger partial charge in [0.2, 0.25) is 0 Å². The number of methoxy groups -OCH3 is 3. The number of ether oxygens (including phenoxy) is 14. The molecule has 19 heteroatoms. The molecule has 0 radical (unpaired) electrons. The molecule has 0 aromatic heterocycles. The molecule has 4 saturated carbocycles. The SMILES string of the molecule is CO[C@@H]1[C@@H](O)[C@H](O[C@H]2[C@@H](OC)C[C@H](O[C@H]3[C@@H](OC)C[C@H](OC4CC[C@@]5(C)C(CC[C@]67OC8(C)OC[C@]9([C@H](OC(C)=O)CC56)[C@@]7(CC[C@@]9(O)C(C)OC(=O)c5ccccc5)O8)C4)O[C@@H]3C)O[C@@H]2C)O[C@H](C)[C@H]1O. The van der Waals surface area contributed by atoms with Crippen molar-refractivity contribution in [3.63, 3.8) is 0 Å². The number of esters is 2. The predicted molar refractivity (Wildman–Crippen MR) is 250 cm³/mol. The third-order valence-corrected chi connectivity index (χ3v) is 19.2. The maximum atomic E-state index is 13.5. The lowest BCUT2D eigenvalue weighted by atomic mass is 9.40. The maximum absolute atomic E-state index is 13.5. The summed E-state index contributed by atoms with van der Waals surface area (Å²) in [6, 6.07) is 8.70. The van der Waals surface area contributed by atoms with Crippen LogP contribution in [0.15, 0.2) is 30.3 Å². The van der Waals surface area contributed by atoms with Crippen molar-refractivity contribution in [2.45, 2.75) is 234 Å². The van der Waals surface area contributed by atoms with Crippen molar-refractivity contribution in [2.75, 3.05) is 27.9 Å². The molecule has 10 rings (SSSR count). The molecule has 5 aliphatic heterocycles. The van der Waals surface area contributed by atoms with Crippen molar-refractivity contribution < 1.29 is 91.2 Å². The Kier molecular flexibility index (Phi) is 14.4. The average Bonchev–Trinajstić information content (AvgIpc) is 3.77. The summed E-state index contributed by atoms with van der Waals surface area (Å²) < 4.78 is 89.3. The molecule has 9 fully saturated rings. The number of aliphatic hydroxyl groups excluding tert-OH is 2. The second kappa shape index (κ2) is 19.5. The van der Waals surface area contributed by atoms with Crippen molar-refractivity contribution in [2.24, 2.45) is 22.7 Å². The van der Waals surface area contributed by atoms with Crippen LogP contribution >= 0.6 is 0 Å². The van der Waals surface area contributed by atoms with E-state index >= 15 is 0 Å². The molecular formula is C53H78O19. The van der Waals surface area contributed by atoms with Crippen LogP contribution in [-0.2, 0) is 71.1 Å². The highest BCUT2D eigenvalue weighted by atomic mass is 16.9. The van der Waals surface area contributed by atoms with Crippen molar-refractivity contribution >= 4 is 11.9 Å².